The van der Waals surface area contributed by atoms with Crippen molar-refractivity contribution in [3.63, 3.8) is 0 Å². The van der Waals surface area contributed by atoms with Crippen molar-refractivity contribution < 1.29 is 9.18 Å². The second kappa shape index (κ2) is 8.46. The van der Waals surface area contributed by atoms with Crippen LogP contribution in [0.15, 0.2) is 18.2 Å². The van der Waals surface area contributed by atoms with Gasteiger partial charge in [0.2, 0.25) is 5.91 Å². The van der Waals surface area contributed by atoms with E-state index in [2.05, 4.69) is 15.5 Å². The summed E-state index contributed by atoms with van der Waals surface area (Å²) in [5.74, 6) is -0.385. The lowest BCUT2D eigenvalue weighted by molar-refractivity contribution is -0.121. The largest absolute Gasteiger partial charge is 0.325 e. The van der Waals surface area contributed by atoms with Crippen molar-refractivity contribution in [1.29, 1.82) is 0 Å². The van der Waals surface area contributed by atoms with E-state index >= 15 is 0 Å². The van der Waals surface area contributed by atoms with E-state index in [1.807, 2.05) is 14.0 Å². The summed E-state index contributed by atoms with van der Waals surface area (Å²) in [5.41, 5.74) is 1.09. The van der Waals surface area contributed by atoms with Crippen LogP contribution in [0.4, 0.5) is 10.1 Å². The van der Waals surface area contributed by atoms with Crippen LogP contribution in [0.5, 0.6) is 0 Å². The van der Waals surface area contributed by atoms with Gasteiger partial charge in [-0.25, -0.2) is 4.39 Å². The number of benzene rings is 1. The first-order valence-corrected chi connectivity index (χ1v) is 7.49. The lowest BCUT2D eigenvalue weighted by Gasteiger charge is -2.35. The number of aryl methyl sites for hydroxylation is 1. The molecule has 0 spiro atoms. The van der Waals surface area contributed by atoms with Gasteiger partial charge in [-0.05, 0) is 58.0 Å². The number of nitrogens with one attached hydrogen (secondary N) is 2. The number of amides is 1. The number of carbonyl (C=O) groups excluding carboxylic acids is 1. The molecule has 2 rings (SSSR count). The van der Waals surface area contributed by atoms with E-state index in [0.29, 0.717) is 17.3 Å². The molecule has 1 aromatic carbocycles. The van der Waals surface area contributed by atoms with Crippen LogP contribution in [0.3, 0.4) is 0 Å². The summed E-state index contributed by atoms with van der Waals surface area (Å²) in [5, 5.41) is 6.07. The van der Waals surface area contributed by atoms with Crippen LogP contribution in [-0.2, 0) is 4.79 Å². The molecule has 0 aromatic heterocycles. The molecule has 1 fully saturated rings. The van der Waals surface area contributed by atoms with Crippen molar-refractivity contribution in [1.82, 2.24) is 10.2 Å². The fourth-order valence-corrected chi connectivity index (χ4v) is 2.68. The number of anilines is 1. The number of hydrogen-bond acceptors (Lipinski definition) is 3. The molecule has 1 saturated heterocycles. The number of piperidine rings is 1. The normalized spacial score (nSPS) is 20.1. The third-order valence-electron chi connectivity index (χ3n) is 4.23. The molecule has 1 aliphatic rings. The zero-order chi connectivity index (χ0) is 15.4. The van der Waals surface area contributed by atoms with Crippen LogP contribution in [0.25, 0.3) is 0 Å². The van der Waals surface area contributed by atoms with E-state index in [4.69, 9.17) is 0 Å². The minimum absolute atomic E-state index is 0. The highest BCUT2D eigenvalue weighted by Crippen LogP contribution is 2.16. The number of rotatable bonds is 4. The fraction of sp³-hybridized carbons (Fsp3) is 0.562. The SMILES string of the molecule is CNC1CCCN(C(C)C(=O)Nc2ccc(C)c(F)c2)C1.Cl. The summed E-state index contributed by atoms with van der Waals surface area (Å²) < 4.78 is 13.5. The second-order valence-corrected chi connectivity index (χ2v) is 5.75. The highest BCUT2D eigenvalue weighted by atomic mass is 35.5. The van der Waals surface area contributed by atoms with Gasteiger partial charge in [0.1, 0.15) is 5.82 Å². The number of halogens is 2. The van der Waals surface area contributed by atoms with Gasteiger partial charge in [-0.15, -0.1) is 12.4 Å². The Labute approximate surface area is 137 Å². The van der Waals surface area contributed by atoms with E-state index in [-0.39, 0.29) is 30.2 Å². The highest BCUT2D eigenvalue weighted by Gasteiger charge is 2.26. The summed E-state index contributed by atoms with van der Waals surface area (Å²) in [4.78, 5) is 14.5. The lowest BCUT2D eigenvalue weighted by atomic mass is 10.0. The number of hydrogen-bond donors (Lipinski definition) is 2. The molecular formula is C16H25ClFN3O. The van der Waals surface area contributed by atoms with Crippen molar-refractivity contribution in [2.75, 3.05) is 25.5 Å². The molecular weight excluding hydrogens is 305 g/mol. The van der Waals surface area contributed by atoms with E-state index < -0.39 is 0 Å². The van der Waals surface area contributed by atoms with E-state index in [1.54, 1.807) is 19.1 Å². The van der Waals surface area contributed by atoms with Gasteiger partial charge in [-0.1, -0.05) is 6.07 Å². The van der Waals surface area contributed by atoms with Gasteiger partial charge < -0.3 is 10.6 Å². The Morgan fingerprint density at radius 2 is 2.18 bits per heavy atom. The smallest absolute Gasteiger partial charge is 0.241 e. The number of likely N-dealkylation sites (tertiary alicyclic amines) is 1. The van der Waals surface area contributed by atoms with Crippen LogP contribution in [-0.4, -0.2) is 43.0 Å². The van der Waals surface area contributed by atoms with Gasteiger partial charge >= 0.3 is 0 Å². The molecule has 2 N–H and O–H groups in total. The summed E-state index contributed by atoms with van der Waals surface area (Å²) >= 11 is 0. The molecule has 2 unspecified atom stereocenters. The molecule has 0 saturated carbocycles. The Hall–Kier alpha value is -1.17. The Balaban J connectivity index is 0.00000242. The quantitative estimate of drug-likeness (QED) is 0.892. The zero-order valence-corrected chi connectivity index (χ0v) is 14.2. The molecule has 1 amide bonds. The maximum absolute atomic E-state index is 13.5. The molecule has 22 heavy (non-hydrogen) atoms. The lowest BCUT2D eigenvalue weighted by Crippen LogP contribution is -2.51. The summed E-state index contributed by atoms with van der Waals surface area (Å²) in [6, 6.07) is 4.99. The van der Waals surface area contributed by atoms with Gasteiger partial charge in [-0.3, -0.25) is 9.69 Å². The molecule has 1 aromatic rings. The van der Waals surface area contributed by atoms with Crippen molar-refractivity contribution in [3.8, 4) is 0 Å². The second-order valence-electron chi connectivity index (χ2n) is 5.75. The first kappa shape index (κ1) is 18.9. The summed E-state index contributed by atoms with van der Waals surface area (Å²) in [7, 11) is 1.95. The van der Waals surface area contributed by atoms with Gasteiger partial charge in [-0.2, -0.15) is 0 Å². The molecule has 4 nitrogen and oxygen atoms in total. The molecule has 6 heteroatoms. The minimum Gasteiger partial charge on any atom is -0.325 e. The van der Waals surface area contributed by atoms with Crippen LogP contribution in [0, 0.1) is 12.7 Å². The van der Waals surface area contributed by atoms with Crippen LogP contribution in [0.1, 0.15) is 25.3 Å². The average Bonchev–Trinajstić information content (AvgIpc) is 2.50. The molecule has 2 atom stereocenters. The third kappa shape index (κ3) is 4.66. The van der Waals surface area contributed by atoms with Gasteiger partial charge in [0, 0.05) is 18.3 Å². The molecule has 1 heterocycles. The van der Waals surface area contributed by atoms with Crippen LogP contribution < -0.4 is 10.6 Å². The molecule has 1 aliphatic heterocycles. The van der Waals surface area contributed by atoms with Crippen molar-refractivity contribution in [2.24, 2.45) is 0 Å². The van der Waals surface area contributed by atoms with Crippen molar-refractivity contribution in [2.45, 2.75) is 38.8 Å². The number of nitrogens with zero attached hydrogens (tertiary/aromatic N) is 1. The van der Waals surface area contributed by atoms with Crippen LogP contribution in [0.2, 0.25) is 0 Å². The zero-order valence-electron chi connectivity index (χ0n) is 13.4. The topological polar surface area (TPSA) is 44.4 Å². The predicted octanol–water partition coefficient (Wildman–Crippen LogP) is 2.57. The maximum Gasteiger partial charge on any atom is 0.241 e. The Morgan fingerprint density at radius 1 is 1.45 bits per heavy atom. The molecule has 0 bridgehead atoms. The van der Waals surface area contributed by atoms with Gasteiger partial charge in [0.25, 0.3) is 0 Å². The number of carbonyl (C=O) groups is 1. The first-order chi connectivity index (χ1) is 10.0. The Kier molecular flexibility index (Phi) is 7.26. The fourth-order valence-electron chi connectivity index (χ4n) is 2.68. The van der Waals surface area contributed by atoms with E-state index in [9.17, 15) is 9.18 Å². The standard InChI is InChI=1S/C16H24FN3O.ClH/c1-11-6-7-13(9-15(11)17)19-16(21)12(2)20-8-4-5-14(10-20)18-3;/h6-7,9,12,14,18H,4-5,8,10H2,1-3H3,(H,19,21);1H. The average molecular weight is 330 g/mol. The highest BCUT2D eigenvalue weighted by molar-refractivity contribution is 5.94. The predicted molar refractivity (Wildman–Crippen MR) is 90.1 cm³/mol. The molecule has 0 radical (unpaired) electrons. The van der Waals surface area contributed by atoms with E-state index in [1.165, 1.54) is 6.07 Å². The summed E-state index contributed by atoms with van der Waals surface area (Å²) in [6.07, 6.45) is 2.23. The van der Waals surface area contributed by atoms with Gasteiger partial charge in [0.15, 0.2) is 0 Å². The molecule has 0 aliphatic carbocycles. The van der Waals surface area contributed by atoms with Gasteiger partial charge in [0.05, 0.1) is 6.04 Å². The number of likely N-dealkylation sites (N-methyl/N-ethyl adjacent to an activating group) is 1. The van der Waals surface area contributed by atoms with Crippen LogP contribution >= 0.6 is 12.4 Å². The van der Waals surface area contributed by atoms with Crippen molar-refractivity contribution in [3.05, 3.63) is 29.6 Å². The first-order valence-electron chi connectivity index (χ1n) is 7.49. The Morgan fingerprint density at radius 3 is 2.82 bits per heavy atom. The maximum atomic E-state index is 13.5. The van der Waals surface area contributed by atoms with E-state index in [0.717, 1.165) is 25.9 Å². The minimum atomic E-state index is -0.298. The monoisotopic (exact) mass is 329 g/mol. The summed E-state index contributed by atoms with van der Waals surface area (Å²) in [6.45, 7) is 5.40. The van der Waals surface area contributed by atoms with Crippen molar-refractivity contribution >= 4 is 24.0 Å². The Bertz CT molecular complexity index is 512. The third-order valence-corrected chi connectivity index (χ3v) is 4.23. The molecule has 124 valence electrons.